The topological polar surface area (TPSA) is 511 Å². The van der Waals surface area contributed by atoms with Crippen LogP contribution in [0.1, 0.15) is 13.8 Å². The Labute approximate surface area is 402 Å². The molecule has 32 nitrogen and oxygen atoms in total. The van der Waals surface area contributed by atoms with Gasteiger partial charge in [-0.15, -0.1) is 0 Å². The summed E-state index contributed by atoms with van der Waals surface area (Å²) in [5.74, 6) is -1.72. The fraction of sp³-hybridized carbons (Fsp3) is 0.923. The number of aliphatic hydroxyl groups excluding tert-OH is 17. The molecule has 0 spiro atoms. The van der Waals surface area contributed by atoms with Gasteiger partial charge < -0.3 is 150 Å². The highest BCUT2D eigenvalue weighted by molar-refractivity contribution is 5.77. The molecule has 0 aliphatic carbocycles. The summed E-state index contributed by atoms with van der Waals surface area (Å²) >= 11 is 0. The van der Waals surface area contributed by atoms with Crippen LogP contribution in [0.2, 0.25) is 0 Å². The highest BCUT2D eigenvalue weighted by atomic mass is 16.8. The van der Waals surface area contributed by atoms with Crippen molar-refractivity contribution in [3.05, 3.63) is 0 Å². The first-order valence-electron chi connectivity index (χ1n) is 22.3. The molecule has 71 heavy (non-hydrogen) atoms. The van der Waals surface area contributed by atoms with Crippen molar-refractivity contribution in [2.45, 2.75) is 186 Å². The number of amides is 2. The van der Waals surface area contributed by atoms with Gasteiger partial charge in [0.1, 0.15) is 147 Å². The first-order chi connectivity index (χ1) is 33.5. The molecule has 412 valence electrons. The lowest BCUT2D eigenvalue weighted by Gasteiger charge is -2.51. The van der Waals surface area contributed by atoms with Gasteiger partial charge in [0.2, 0.25) is 11.8 Å². The van der Waals surface area contributed by atoms with Gasteiger partial charge >= 0.3 is 0 Å². The number of aldehydes is 1. The summed E-state index contributed by atoms with van der Waals surface area (Å²) in [6, 6.07) is -3.66. The van der Waals surface area contributed by atoms with E-state index in [9.17, 15) is 101 Å². The molecule has 2 amide bonds. The summed E-state index contributed by atoms with van der Waals surface area (Å²) < 4.78 is 57.9. The predicted octanol–water partition coefficient (Wildman–Crippen LogP) is -13.3. The van der Waals surface area contributed by atoms with Crippen LogP contribution in [-0.4, -0.2) is 316 Å². The molecule has 0 aromatic heterocycles. The van der Waals surface area contributed by atoms with Crippen molar-refractivity contribution in [2.24, 2.45) is 0 Å². The lowest BCUT2D eigenvalue weighted by molar-refractivity contribution is -0.403. The van der Waals surface area contributed by atoms with Crippen molar-refractivity contribution in [3.8, 4) is 0 Å². The van der Waals surface area contributed by atoms with Crippen molar-refractivity contribution in [3.63, 3.8) is 0 Å². The van der Waals surface area contributed by atoms with Crippen LogP contribution in [0, 0.1) is 0 Å². The number of rotatable bonds is 21. The van der Waals surface area contributed by atoms with Gasteiger partial charge in [-0.05, 0) is 0 Å². The number of aliphatic hydroxyl groups is 17. The van der Waals surface area contributed by atoms with Crippen molar-refractivity contribution >= 4 is 18.1 Å². The van der Waals surface area contributed by atoms with E-state index >= 15 is 0 Å². The fourth-order valence-corrected chi connectivity index (χ4v) is 8.41. The van der Waals surface area contributed by atoms with E-state index in [2.05, 4.69) is 10.6 Å². The largest absolute Gasteiger partial charge is 0.394 e. The number of hydrogen-bond acceptors (Lipinski definition) is 30. The average Bonchev–Trinajstić information content (AvgIpc) is 3.34. The van der Waals surface area contributed by atoms with Crippen LogP contribution in [0.15, 0.2) is 0 Å². The minimum absolute atomic E-state index is 0.0747. The molecule has 5 heterocycles. The van der Waals surface area contributed by atoms with Crippen LogP contribution in [0.5, 0.6) is 0 Å². The first kappa shape index (κ1) is 59.4. The molecule has 0 unspecified atom stereocenters. The zero-order valence-electron chi connectivity index (χ0n) is 37.9. The molecular weight excluding hydrogens is 976 g/mol. The van der Waals surface area contributed by atoms with Gasteiger partial charge in [-0.2, -0.15) is 0 Å². The van der Waals surface area contributed by atoms with Crippen molar-refractivity contribution < 1.29 is 149 Å². The maximum absolute atomic E-state index is 12.6. The Morgan fingerprint density at radius 3 is 1.65 bits per heavy atom. The van der Waals surface area contributed by atoms with E-state index in [4.69, 9.17) is 47.4 Å². The van der Waals surface area contributed by atoms with Crippen LogP contribution in [0.3, 0.4) is 0 Å². The van der Waals surface area contributed by atoms with Crippen LogP contribution in [0.25, 0.3) is 0 Å². The van der Waals surface area contributed by atoms with Crippen molar-refractivity contribution in [1.29, 1.82) is 0 Å². The summed E-state index contributed by atoms with van der Waals surface area (Å²) in [4.78, 5) is 36.3. The lowest BCUT2D eigenvalue weighted by Crippen LogP contribution is -2.70. The van der Waals surface area contributed by atoms with Crippen LogP contribution >= 0.6 is 0 Å². The van der Waals surface area contributed by atoms with E-state index in [-0.39, 0.29) is 6.29 Å². The zero-order valence-corrected chi connectivity index (χ0v) is 37.9. The second kappa shape index (κ2) is 26.3. The van der Waals surface area contributed by atoms with Gasteiger partial charge in [-0.3, -0.25) is 9.59 Å². The Bertz CT molecular complexity index is 1670. The predicted molar refractivity (Wildman–Crippen MR) is 218 cm³/mol. The van der Waals surface area contributed by atoms with Crippen LogP contribution < -0.4 is 10.6 Å². The smallest absolute Gasteiger partial charge is 0.217 e. The summed E-state index contributed by atoms with van der Waals surface area (Å²) in [5, 5.41) is 186. The number of carbonyl (C=O) groups excluding carboxylic acids is 3. The Kier molecular flexibility index (Phi) is 22.0. The van der Waals surface area contributed by atoms with Gasteiger partial charge in [0, 0.05) is 13.8 Å². The Morgan fingerprint density at radius 1 is 0.577 bits per heavy atom. The Balaban J connectivity index is 1.56. The molecule has 19 N–H and O–H groups in total. The Hall–Kier alpha value is -2.47. The first-order valence-corrected chi connectivity index (χ1v) is 22.3. The zero-order chi connectivity index (χ0) is 52.8. The standard InChI is InChI=1S/C39H66N2O30/c1-10(47)40-12(3-42)20(51)31(13(49)4-43)68-35-19(41-11(2)48)25(56)32(17(7-46)66-35)69-39-34(71-37-28(59)21(52)14(50)8-62-37)33(70-38-30(61)27(58)23(54)16(6-45)65-38)24(55)18(67-39)9-63-36-29(60)26(57)22(53)15(5-44)64-36/h3,12-39,43-46,49-61H,4-9H2,1-2H3,(H,40,47)(H,41,48)/t12-,13+,14+,15+,16+,17+,18+,19+,20+,21-,22+,23+,24+,25+,26-,27-,28+,29-,30-,31+,32+,33-,34-,35-,36-,37-,38+,39-/m0/s1. The minimum Gasteiger partial charge on any atom is -0.394 e. The maximum atomic E-state index is 12.6. The van der Waals surface area contributed by atoms with E-state index in [1.807, 2.05) is 0 Å². The molecule has 0 saturated carbocycles. The highest BCUT2D eigenvalue weighted by Gasteiger charge is 2.57. The van der Waals surface area contributed by atoms with E-state index in [0.717, 1.165) is 13.8 Å². The summed E-state index contributed by atoms with van der Waals surface area (Å²) in [6.45, 7) is -3.84. The number of carbonyl (C=O) groups is 3. The summed E-state index contributed by atoms with van der Waals surface area (Å²) in [5.41, 5.74) is 0. The van der Waals surface area contributed by atoms with E-state index in [1.54, 1.807) is 0 Å². The maximum Gasteiger partial charge on any atom is 0.217 e. The molecule has 0 bridgehead atoms. The van der Waals surface area contributed by atoms with Gasteiger partial charge in [0.05, 0.1) is 39.6 Å². The number of hydrogen-bond donors (Lipinski definition) is 19. The third kappa shape index (κ3) is 13.7. The number of nitrogens with one attached hydrogen (secondary N) is 2. The monoisotopic (exact) mass is 1040 g/mol. The average molecular weight is 1040 g/mol. The molecule has 5 aliphatic heterocycles. The van der Waals surface area contributed by atoms with E-state index < -0.39 is 223 Å². The van der Waals surface area contributed by atoms with Gasteiger partial charge in [0.15, 0.2) is 31.5 Å². The van der Waals surface area contributed by atoms with Crippen LogP contribution in [-0.2, 0) is 61.8 Å². The molecule has 5 saturated heterocycles. The lowest BCUT2D eigenvalue weighted by atomic mass is 9.94. The molecule has 0 aromatic rings. The molecule has 28 atom stereocenters. The number of ether oxygens (including phenoxy) is 10. The third-order valence-electron chi connectivity index (χ3n) is 12.4. The van der Waals surface area contributed by atoms with Gasteiger partial charge in [-0.1, -0.05) is 0 Å². The van der Waals surface area contributed by atoms with Crippen LogP contribution in [0.4, 0.5) is 0 Å². The summed E-state index contributed by atoms with van der Waals surface area (Å²) in [6.07, 6.45) is -51.8. The van der Waals surface area contributed by atoms with Crippen molar-refractivity contribution in [1.82, 2.24) is 10.6 Å². The van der Waals surface area contributed by atoms with Gasteiger partial charge in [-0.25, -0.2) is 0 Å². The fourth-order valence-electron chi connectivity index (χ4n) is 8.41. The second-order valence-electron chi connectivity index (χ2n) is 17.5. The molecule has 0 aromatic carbocycles. The van der Waals surface area contributed by atoms with E-state index in [0.29, 0.717) is 0 Å². The Morgan fingerprint density at radius 2 is 1.10 bits per heavy atom. The highest BCUT2D eigenvalue weighted by Crippen LogP contribution is 2.37. The molecular formula is C39H66N2O30. The molecule has 5 aliphatic rings. The van der Waals surface area contributed by atoms with Gasteiger partial charge in [0.25, 0.3) is 0 Å². The summed E-state index contributed by atoms with van der Waals surface area (Å²) in [7, 11) is 0. The molecule has 5 fully saturated rings. The molecule has 0 radical (unpaired) electrons. The van der Waals surface area contributed by atoms with E-state index in [1.165, 1.54) is 0 Å². The molecule has 5 rings (SSSR count). The van der Waals surface area contributed by atoms with Crippen molar-refractivity contribution in [2.75, 3.05) is 39.6 Å². The normalized spacial score (nSPS) is 45.0. The SMILES string of the molecule is CC(=O)N[C@H]1[C@H](O[C@@H]([C@H](O)[C@H](C=O)NC(C)=O)[C@H](O)CO)O[C@H](CO)[C@@H](O[C@@H]2O[C@H](CO[C@H]3O[C@H](CO)[C@@H](O)[C@H](O)[C@@H]3O)[C@@H](O)[C@H](O[C@H]3O[C@H](CO)[C@@H](O)[C@H](O)[C@@H]3O)[C@@H]2O[C@@H]2OC[C@@H](O)[C@H](O)[C@H]2O)[C@@H]1O. The molecule has 32 heteroatoms. The quantitative estimate of drug-likeness (QED) is 0.0475. The third-order valence-corrected chi connectivity index (χ3v) is 12.4. The minimum atomic E-state index is -2.24. The second-order valence-corrected chi connectivity index (χ2v) is 17.5.